The topological polar surface area (TPSA) is 24.4 Å². The van der Waals surface area contributed by atoms with Crippen molar-refractivity contribution in [2.24, 2.45) is 10.4 Å². The van der Waals surface area contributed by atoms with Crippen LogP contribution in [0.25, 0.3) is 0 Å². The van der Waals surface area contributed by atoms with Crippen LogP contribution in [0, 0.1) is 5.41 Å². The smallest absolute Gasteiger partial charge is 0.156 e. The lowest BCUT2D eigenvalue weighted by Crippen LogP contribution is -2.42. The largest absolute Gasteiger partial charge is 0.364 e. The monoisotopic (exact) mass is 286 g/mol. The van der Waals surface area contributed by atoms with E-state index in [9.17, 15) is 0 Å². The van der Waals surface area contributed by atoms with E-state index in [1.807, 2.05) is 11.8 Å². The van der Waals surface area contributed by atoms with Crippen LogP contribution in [0.2, 0.25) is 0 Å². The highest BCUT2D eigenvalue weighted by Crippen LogP contribution is 2.38. The average molecular weight is 287 g/mol. The van der Waals surface area contributed by atoms with Crippen molar-refractivity contribution in [3.05, 3.63) is 0 Å². The first-order valence-corrected chi connectivity index (χ1v) is 9.23. The quantitative estimate of drug-likeness (QED) is 0.854. The van der Waals surface area contributed by atoms with E-state index in [1.54, 1.807) is 0 Å². The fourth-order valence-electron chi connectivity index (χ4n) is 2.63. The molecule has 1 saturated carbocycles. The maximum atomic E-state index is 4.69. The molecule has 1 aliphatic heterocycles. The molecule has 0 aromatic heterocycles. The number of hydrogen-bond donors (Lipinski definition) is 1. The fourth-order valence-corrected chi connectivity index (χ4v) is 4.50. The molecule has 2 nitrogen and oxygen atoms in total. The van der Waals surface area contributed by atoms with Gasteiger partial charge >= 0.3 is 0 Å². The maximum Gasteiger partial charge on any atom is 0.156 e. The zero-order chi connectivity index (χ0) is 13.1. The Morgan fingerprint density at radius 1 is 1.28 bits per heavy atom. The van der Waals surface area contributed by atoms with Crippen LogP contribution in [0.4, 0.5) is 0 Å². The number of nitrogens with zero attached hydrogens (tertiary/aromatic N) is 1. The molecule has 2 aliphatic rings. The van der Waals surface area contributed by atoms with Crippen LogP contribution in [-0.2, 0) is 0 Å². The lowest BCUT2D eigenvalue weighted by Gasteiger charge is -2.37. The van der Waals surface area contributed by atoms with Crippen LogP contribution in [-0.4, -0.2) is 35.0 Å². The van der Waals surface area contributed by atoms with Gasteiger partial charge in [0.2, 0.25) is 0 Å². The highest BCUT2D eigenvalue weighted by Gasteiger charge is 2.32. The summed E-state index contributed by atoms with van der Waals surface area (Å²) in [4.78, 5) is 4.69. The van der Waals surface area contributed by atoms with Gasteiger partial charge in [-0.05, 0) is 24.5 Å². The molecule has 0 radical (unpaired) electrons. The average Bonchev–Trinajstić information content (AvgIpc) is 2.39. The van der Waals surface area contributed by atoms with Gasteiger partial charge in [-0.15, -0.1) is 0 Å². The summed E-state index contributed by atoms with van der Waals surface area (Å²) in [5.74, 6) is 1.19. The number of thioether (sulfide) groups is 2. The third kappa shape index (κ3) is 3.83. The summed E-state index contributed by atoms with van der Waals surface area (Å²) in [6.07, 6.45) is 9.22. The Morgan fingerprint density at radius 2 is 2.00 bits per heavy atom. The Labute approximate surface area is 120 Å². The van der Waals surface area contributed by atoms with E-state index in [-0.39, 0.29) is 0 Å². The molecular weight excluding hydrogens is 260 g/mol. The SMILES string of the molecule is CSC1(CNC2=NCC(C)(C)CS2)CCCCC1. The van der Waals surface area contributed by atoms with Crippen molar-refractivity contribution < 1.29 is 0 Å². The predicted octanol–water partition coefficient (Wildman–Crippen LogP) is 3.77. The molecule has 0 spiro atoms. The summed E-state index contributed by atoms with van der Waals surface area (Å²) in [6.45, 7) is 6.66. The second-order valence-corrected chi connectivity index (χ2v) is 8.61. The minimum absolute atomic E-state index is 0.373. The molecule has 0 saturated heterocycles. The van der Waals surface area contributed by atoms with Gasteiger partial charge in [-0.2, -0.15) is 11.8 Å². The molecule has 2 rings (SSSR count). The zero-order valence-electron chi connectivity index (χ0n) is 11.9. The van der Waals surface area contributed by atoms with Crippen LogP contribution < -0.4 is 5.32 Å². The molecule has 104 valence electrons. The number of amidine groups is 1. The lowest BCUT2D eigenvalue weighted by molar-refractivity contribution is 0.394. The third-order valence-corrected chi connectivity index (χ3v) is 6.90. The minimum Gasteiger partial charge on any atom is -0.364 e. The van der Waals surface area contributed by atoms with Crippen molar-refractivity contribution in [2.45, 2.75) is 50.7 Å². The Morgan fingerprint density at radius 3 is 2.56 bits per heavy atom. The van der Waals surface area contributed by atoms with Gasteiger partial charge in [0, 0.05) is 23.6 Å². The van der Waals surface area contributed by atoms with Crippen LogP contribution in [0.1, 0.15) is 46.0 Å². The normalized spacial score (nSPS) is 26.5. The van der Waals surface area contributed by atoms with E-state index in [2.05, 4.69) is 37.2 Å². The first-order valence-electron chi connectivity index (χ1n) is 7.02. The summed E-state index contributed by atoms with van der Waals surface area (Å²) < 4.78 is 0.467. The molecule has 0 atom stereocenters. The van der Waals surface area contributed by atoms with Crippen LogP contribution in [0.15, 0.2) is 4.99 Å². The molecule has 0 amide bonds. The molecule has 0 unspecified atom stereocenters. The van der Waals surface area contributed by atoms with E-state index in [4.69, 9.17) is 4.99 Å². The van der Waals surface area contributed by atoms with Gasteiger partial charge < -0.3 is 5.32 Å². The molecule has 1 aliphatic carbocycles. The standard InChI is InChI=1S/C14H26N2S2/c1-13(2)9-15-12(18-11-13)16-10-14(17-3)7-5-4-6-8-14/h4-11H2,1-3H3,(H,15,16). The second kappa shape index (κ2) is 6.08. The van der Waals surface area contributed by atoms with Gasteiger partial charge in [-0.1, -0.05) is 44.9 Å². The van der Waals surface area contributed by atoms with E-state index in [0.717, 1.165) is 13.1 Å². The Kier molecular flexibility index (Phi) is 4.92. The molecule has 18 heavy (non-hydrogen) atoms. The summed E-state index contributed by atoms with van der Waals surface area (Å²) in [6, 6.07) is 0. The van der Waals surface area contributed by atoms with Crippen molar-refractivity contribution >= 4 is 28.7 Å². The number of nitrogens with one attached hydrogen (secondary N) is 1. The summed E-state index contributed by atoms with van der Waals surface area (Å²) in [7, 11) is 0. The van der Waals surface area contributed by atoms with Crippen molar-refractivity contribution in [3.63, 3.8) is 0 Å². The first-order chi connectivity index (χ1) is 8.55. The predicted molar refractivity (Wildman–Crippen MR) is 85.9 cm³/mol. The van der Waals surface area contributed by atoms with Gasteiger partial charge in [0.1, 0.15) is 0 Å². The fraction of sp³-hybridized carbons (Fsp3) is 0.929. The highest BCUT2D eigenvalue weighted by atomic mass is 32.2. The zero-order valence-corrected chi connectivity index (χ0v) is 13.6. The molecule has 1 heterocycles. The molecule has 1 fully saturated rings. The molecule has 0 aromatic carbocycles. The van der Waals surface area contributed by atoms with Crippen molar-refractivity contribution in [1.82, 2.24) is 5.32 Å². The summed E-state index contributed by atoms with van der Waals surface area (Å²) in [5, 5.41) is 4.79. The summed E-state index contributed by atoms with van der Waals surface area (Å²) >= 11 is 3.95. The number of aliphatic imine (C=N–C) groups is 1. The van der Waals surface area contributed by atoms with E-state index < -0.39 is 0 Å². The van der Waals surface area contributed by atoms with E-state index in [1.165, 1.54) is 43.0 Å². The second-order valence-electron chi connectivity index (χ2n) is 6.38. The van der Waals surface area contributed by atoms with E-state index >= 15 is 0 Å². The van der Waals surface area contributed by atoms with Gasteiger partial charge in [-0.25, -0.2) is 0 Å². The van der Waals surface area contributed by atoms with Crippen LogP contribution >= 0.6 is 23.5 Å². The molecule has 1 N–H and O–H groups in total. The first kappa shape index (κ1) is 14.6. The van der Waals surface area contributed by atoms with Gasteiger partial charge in [0.25, 0.3) is 0 Å². The Hall–Kier alpha value is 0.170. The van der Waals surface area contributed by atoms with Crippen molar-refractivity contribution in [3.8, 4) is 0 Å². The molecule has 4 heteroatoms. The third-order valence-electron chi connectivity index (χ3n) is 4.01. The molecule has 0 aromatic rings. The minimum atomic E-state index is 0.373. The lowest BCUT2D eigenvalue weighted by atomic mass is 9.88. The van der Waals surface area contributed by atoms with Crippen molar-refractivity contribution in [1.29, 1.82) is 0 Å². The number of hydrogen-bond acceptors (Lipinski definition) is 4. The van der Waals surface area contributed by atoms with Gasteiger partial charge in [-0.3, -0.25) is 4.99 Å². The summed E-state index contributed by atoms with van der Waals surface area (Å²) in [5.41, 5.74) is 0.373. The molecule has 0 bridgehead atoms. The Bertz CT molecular complexity index is 307. The maximum absolute atomic E-state index is 4.69. The van der Waals surface area contributed by atoms with Crippen LogP contribution in [0.5, 0.6) is 0 Å². The van der Waals surface area contributed by atoms with Gasteiger partial charge in [0.05, 0.1) is 0 Å². The van der Waals surface area contributed by atoms with Crippen molar-refractivity contribution in [2.75, 3.05) is 25.1 Å². The highest BCUT2D eigenvalue weighted by molar-refractivity contribution is 8.13. The van der Waals surface area contributed by atoms with Crippen LogP contribution in [0.3, 0.4) is 0 Å². The Balaban J connectivity index is 1.85. The van der Waals surface area contributed by atoms with Gasteiger partial charge in [0.15, 0.2) is 5.17 Å². The molecular formula is C14H26N2S2. The number of rotatable bonds is 3. The van der Waals surface area contributed by atoms with E-state index in [0.29, 0.717) is 10.2 Å².